The molecule has 1 aliphatic heterocycles. The minimum atomic E-state index is -4.17. The van der Waals surface area contributed by atoms with Crippen LogP contribution in [0.5, 0.6) is 0 Å². The zero-order valence-corrected chi connectivity index (χ0v) is 36.2. The molecule has 6 aromatic carbocycles. The molecule has 1 heterocycles. The standard InChI is InChI=1S/C31H26N2O4PS2.C17H14P.Fe/c34-39(35,28-21-9-3-10-22-28)32-30(25-15-5-1-6-16-25)31(26-17-7-2-8-18-26)33(38(32)27-19-13-14-20-27)40(36,37)29-23-11-4-12-24-29;1-3-9-15(10-4-1)18(17-13-7-8-14-17)16-11-5-2-6-12-16;/h1-24,30-31H;1-14H;/q;;+2/t30-,31-;;/m0../s1. The van der Waals surface area contributed by atoms with Crippen molar-refractivity contribution in [1.29, 1.82) is 0 Å². The van der Waals surface area contributed by atoms with Crippen LogP contribution < -0.4 is 10.6 Å². The summed E-state index contributed by atoms with van der Waals surface area (Å²) < 4.78 is 61.4. The molecule has 6 aromatic rings. The number of rotatable bonds is 10. The molecule has 0 unspecified atom stereocenters. The Balaban J connectivity index is 0.000000232. The van der Waals surface area contributed by atoms with E-state index in [0.717, 1.165) is 0 Å². The summed E-state index contributed by atoms with van der Waals surface area (Å²) in [4.78, 5) is 0.224. The van der Waals surface area contributed by atoms with Gasteiger partial charge in [0, 0.05) is 11.3 Å². The Hall–Kier alpha value is -3.48. The average Bonchev–Trinajstić information content (AvgIpc) is 4.08. The van der Waals surface area contributed by atoms with Crippen molar-refractivity contribution < 1.29 is 33.9 Å². The summed E-state index contributed by atoms with van der Waals surface area (Å²) >= 11 is 0. The zero-order valence-electron chi connectivity index (χ0n) is 31.7. The van der Waals surface area contributed by atoms with Gasteiger partial charge in [-0.15, -0.1) is 0 Å². The predicted molar refractivity (Wildman–Crippen MR) is 236 cm³/mol. The molecule has 59 heavy (non-hydrogen) atoms. The maximum Gasteiger partial charge on any atom is 2.00 e. The van der Waals surface area contributed by atoms with Gasteiger partial charge in [0.25, 0.3) is 0 Å². The smallest absolute Gasteiger partial charge is 0.207 e. The van der Waals surface area contributed by atoms with Gasteiger partial charge < -0.3 is 0 Å². The Morgan fingerprint density at radius 1 is 0.407 bits per heavy atom. The Labute approximate surface area is 364 Å². The van der Waals surface area contributed by atoms with Crippen molar-refractivity contribution in [3.8, 4) is 0 Å². The minimum absolute atomic E-state index is 0. The molecule has 10 radical (unpaired) electrons. The monoisotopic (exact) mass is 890 g/mol. The van der Waals surface area contributed by atoms with Gasteiger partial charge in [-0.3, -0.25) is 0 Å². The molecule has 11 heteroatoms. The first-order valence-corrected chi connectivity index (χ1v) is 24.2. The molecule has 9 rings (SSSR count). The van der Waals surface area contributed by atoms with Crippen LogP contribution in [0, 0.1) is 62.7 Å². The van der Waals surface area contributed by atoms with Crippen LogP contribution in [0.15, 0.2) is 192 Å². The maximum atomic E-state index is 14.6. The van der Waals surface area contributed by atoms with Gasteiger partial charge in [-0.2, -0.15) is 8.15 Å². The van der Waals surface area contributed by atoms with Gasteiger partial charge in [0.15, 0.2) is 0 Å². The molecule has 3 fully saturated rings. The van der Waals surface area contributed by atoms with E-state index in [1.54, 1.807) is 60.7 Å². The average molecular weight is 891 g/mol. The third-order valence-corrected chi connectivity index (χ3v) is 19.7. The number of sulfonamides is 2. The van der Waals surface area contributed by atoms with E-state index in [2.05, 4.69) is 86.3 Å². The van der Waals surface area contributed by atoms with Crippen LogP contribution in [0.3, 0.4) is 0 Å². The summed E-state index contributed by atoms with van der Waals surface area (Å²) in [6.45, 7) is 0. The van der Waals surface area contributed by atoms with E-state index in [-0.39, 0.29) is 26.9 Å². The summed E-state index contributed by atoms with van der Waals surface area (Å²) in [6.07, 6.45) is 15.9. The second-order valence-electron chi connectivity index (χ2n) is 13.5. The summed E-state index contributed by atoms with van der Waals surface area (Å²) in [7, 11) is -10.8. The molecule has 2 atom stereocenters. The molecular formula is C48H40FeN2O4P2S2+2. The molecule has 6 nitrogen and oxygen atoms in total. The van der Waals surface area contributed by atoms with Crippen LogP contribution in [0.4, 0.5) is 0 Å². The Kier molecular flexibility index (Phi) is 14.7. The summed E-state index contributed by atoms with van der Waals surface area (Å²) in [5.41, 5.74) is 3.47. The Morgan fingerprint density at radius 2 is 0.712 bits per heavy atom. The fourth-order valence-corrected chi connectivity index (χ4v) is 17.5. The zero-order chi connectivity index (χ0) is 40.0. The van der Waals surface area contributed by atoms with Gasteiger partial charge in [-0.25, -0.2) is 16.8 Å². The molecule has 1 saturated heterocycles. The van der Waals surface area contributed by atoms with Crippen molar-refractivity contribution >= 4 is 46.8 Å². The van der Waals surface area contributed by atoms with Crippen molar-refractivity contribution in [2.45, 2.75) is 21.9 Å². The number of hydrogen-bond acceptors (Lipinski definition) is 4. The quantitative estimate of drug-likeness (QED) is 0.101. The molecule has 0 aromatic heterocycles. The van der Waals surface area contributed by atoms with Crippen LogP contribution >= 0.6 is 16.1 Å². The van der Waals surface area contributed by atoms with Crippen molar-refractivity contribution in [2.24, 2.45) is 0 Å². The van der Waals surface area contributed by atoms with Crippen LogP contribution in [-0.4, -0.2) is 25.0 Å². The molecule has 0 bridgehead atoms. The largest absolute Gasteiger partial charge is 2.00 e. The molecule has 2 aliphatic carbocycles. The van der Waals surface area contributed by atoms with E-state index in [9.17, 15) is 16.8 Å². The SMILES string of the molecule is O=S(=O)(c1ccccc1)N1[C@@H](c2ccccc2)[C@H](c2ccccc2)N(S(=O)(=O)c2ccccc2)P1[C]1[CH][CH][CH][CH]1.[CH]1[CH][CH][C](P(c2ccccc2)c2ccccc2)[CH]1.[Fe+2]. The van der Waals surface area contributed by atoms with E-state index in [1.165, 1.54) is 24.4 Å². The van der Waals surface area contributed by atoms with Crippen molar-refractivity contribution in [3.05, 3.63) is 256 Å². The van der Waals surface area contributed by atoms with Gasteiger partial charge in [0.2, 0.25) is 20.0 Å². The third-order valence-electron chi connectivity index (χ3n) is 9.81. The summed E-state index contributed by atoms with van der Waals surface area (Å²) in [5.74, 6) is 0. The Morgan fingerprint density at radius 3 is 1.07 bits per heavy atom. The fourth-order valence-electron chi connectivity index (χ4n) is 7.23. The number of hydrogen-bond donors (Lipinski definition) is 0. The molecule has 0 N–H and O–H groups in total. The van der Waals surface area contributed by atoms with Gasteiger partial charge in [0.05, 0.1) is 30.1 Å². The molecular weight excluding hydrogens is 850 g/mol. The molecule has 3 aliphatic rings. The first-order valence-electron chi connectivity index (χ1n) is 18.8. The van der Waals surface area contributed by atoms with Crippen LogP contribution in [0.25, 0.3) is 0 Å². The van der Waals surface area contributed by atoms with Crippen molar-refractivity contribution in [1.82, 2.24) is 8.15 Å². The summed E-state index contributed by atoms with van der Waals surface area (Å²) in [5, 5.41) is 2.81. The maximum absolute atomic E-state index is 14.6. The van der Waals surface area contributed by atoms with E-state index in [1.807, 2.05) is 86.3 Å². The fraction of sp³-hybridized carbons (Fsp3) is 0.0417. The molecule has 0 spiro atoms. The molecule has 0 amide bonds. The van der Waals surface area contributed by atoms with E-state index >= 15 is 0 Å². The van der Waals surface area contributed by atoms with E-state index in [4.69, 9.17) is 0 Å². The van der Waals surface area contributed by atoms with Gasteiger partial charge in [-0.1, -0.05) is 158 Å². The second-order valence-corrected chi connectivity index (χ2v) is 21.8. The van der Waals surface area contributed by atoms with Crippen LogP contribution in [0.2, 0.25) is 0 Å². The summed E-state index contributed by atoms with van der Waals surface area (Å²) in [6, 6.07) is 55.0. The number of benzene rings is 6. The van der Waals surface area contributed by atoms with E-state index in [0.29, 0.717) is 16.8 Å². The molecule has 294 valence electrons. The predicted octanol–water partition coefficient (Wildman–Crippen LogP) is 10.0. The van der Waals surface area contributed by atoms with Crippen LogP contribution in [-0.2, 0) is 37.1 Å². The minimum Gasteiger partial charge on any atom is -0.207 e. The number of nitrogens with zero attached hydrogens (tertiary/aromatic N) is 2. The van der Waals surface area contributed by atoms with E-state index < -0.39 is 48.3 Å². The van der Waals surface area contributed by atoms with Crippen molar-refractivity contribution in [2.75, 3.05) is 0 Å². The van der Waals surface area contributed by atoms with Crippen molar-refractivity contribution in [3.63, 3.8) is 0 Å². The van der Waals surface area contributed by atoms with Gasteiger partial charge in [-0.05, 0) is 105 Å². The first-order chi connectivity index (χ1) is 28.4. The van der Waals surface area contributed by atoms with Gasteiger partial charge >= 0.3 is 17.1 Å². The topological polar surface area (TPSA) is 74.8 Å². The first kappa shape index (κ1) is 43.6. The molecule has 2 saturated carbocycles. The second kappa shape index (κ2) is 19.9. The normalized spacial score (nSPS) is 19.6. The third kappa shape index (κ3) is 9.39. The van der Waals surface area contributed by atoms with Crippen LogP contribution in [0.1, 0.15) is 23.2 Å². The van der Waals surface area contributed by atoms with Gasteiger partial charge in [0.1, 0.15) is 0 Å². The Bertz CT molecular complexity index is 2270.